The summed E-state index contributed by atoms with van der Waals surface area (Å²) in [5, 5.41) is -0.103. The zero-order chi connectivity index (χ0) is 28.3. The molecule has 0 N–H and O–H groups in total. The number of benzene rings is 1. The summed E-state index contributed by atoms with van der Waals surface area (Å²) in [6.07, 6.45) is 5.96. The number of ether oxygens (including phenoxy) is 2. The van der Waals surface area contributed by atoms with Gasteiger partial charge in [-0.3, -0.25) is 4.79 Å². The van der Waals surface area contributed by atoms with E-state index in [0.717, 1.165) is 34.8 Å². The number of rotatable bonds is 10. The number of fused-ring (bicyclic) bond motifs is 2. The van der Waals surface area contributed by atoms with Crippen molar-refractivity contribution >= 4 is 48.6 Å². The molecule has 2 aliphatic rings. The van der Waals surface area contributed by atoms with Gasteiger partial charge in [0.2, 0.25) is 0 Å². The summed E-state index contributed by atoms with van der Waals surface area (Å²) in [5.41, 5.74) is 2.82. The highest BCUT2D eigenvalue weighted by Crippen LogP contribution is 2.44. The van der Waals surface area contributed by atoms with Crippen LogP contribution in [0.4, 0.5) is 10.5 Å². The van der Waals surface area contributed by atoms with Gasteiger partial charge in [0.25, 0.3) is 5.91 Å². The van der Waals surface area contributed by atoms with E-state index in [-0.39, 0.29) is 23.6 Å². The molecule has 0 aliphatic carbocycles. The largest absolute Gasteiger partial charge is 0.493 e. The Balaban J connectivity index is 2.15. The molecule has 1 aromatic carbocycles. The maximum Gasteiger partial charge on any atom is 0.416 e. The molecule has 0 saturated heterocycles. The quantitative estimate of drug-likeness (QED) is 0.0856. The minimum atomic E-state index is -2.38. The van der Waals surface area contributed by atoms with E-state index < -0.39 is 20.6 Å². The summed E-state index contributed by atoms with van der Waals surface area (Å²) in [6.45, 7) is 19.1. The molecule has 1 aromatic rings. The fourth-order valence-electron chi connectivity index (χ4n) is 4.48. The first-order valence-corrected chi connectivity index (χ1v) is 17.8. The standard InChI is InChI=1S/C29H43IN2O5Si/c1-9-14-36-28(34)32-23-18-25(35-15-12-10-11-13-30)21(3)17-22(23)26(33)31-19-20(2)16-24(31)27(32)37-38(7,8)29(4,5)6/h9,17-19,24,27H,1,10-16H2,2-8H3. The minimum Gasteiger partial charge on any atom is -0.493 e. The van der Waals surface area contributed by atoms with Crippen LogP contribution >= 0.6 is 22.6 Å². The van der Waals surface area contributed by atoms with Crippen LogP contribution in [0.1, 0.15) is 69.3 Å². The molecule has 2 amide bonds. The Morgan fingerprint density at radius 2 is 1.92 bits per heavy atom. The average Bonchev–Trinajstić information content (AvgIpc) is 3.20. The number of carbonyl (C=O) groups excluding carboxylic acids is 2. The molecule has 2 unspecified atom stereocenters. The molecule has 2 heterocycles. The second-order valence-electron chi connectivity index (χ2n) is 11.7. The van der Waals surface area contributed by atoms with Gasteiger partial charge in [-0.15, -0.1) is 0 Å². The fourth-order valence-corrected chi connectivity index (χ4v) is 6.24. The summed E-state index contributed by atoms with van der Waals surface area (Å²) in [6, 6.07) is 3.29. The van der Waals surface area contributed by atoms with Crippen LogP contribution in [0.5, 0.6) is 5.75 Å². The van der Waals surface area contributed by atoms with Crippen molar-refractivity contribution in [2.75, 3.05) is 22.5 Å². The highest BCUT2D eigenvalue weighted by Gasteiger charge is 2.50. The van der Waals surface area contributed by atoms with Crippen molar-refractivity contribution in [2.24, 2.45) is 0 Å². The number of hydrogen-bond donors (Lipinski definition) is 0. The lowest BCUT2D eigenvalue weighted by Crippen LogP contribution is -2.57. The molecule has 3 rings (SSSR count). The van der Waals surface area contributed by atoms with Crippen molar-refractivity contribution in [2.45, 2.75) is 90.7 Å². The number of halogens is 1. The Labute approximate surface area is 242 Å². The van der Waals surface area contributed by atoms with Crippen LogP contribution in [0.25, 0.3) is 0 Å². The van der Waals surface area contributed by atoms with E-state index in [9.17, 15) is 9.59 Å². The Morgan fingerprint density at radius 3 is 2.55 bits per heavy atom. The minimum absolute atomic E-state index is 0.0586. The number of aryl methyl sites for hydroxylation is 1. The van der Waals surface area contributed by atoms with Gasteiger partial charge in [0, 0.05) is 12.3 Å². The van der Waals surface area contributed by atoms with E-state index >= 15 is 0 Å². The molecule has 2 aliphatic heterocycles. The second-order valence-corrected chi connectivity index (χ2v) is 17.5. The summed E-state index contributed by atoms with van der Waals surface area (Å²) in [4.78, 5) is 31.0. The van der Waals surface area contributed by atoms with Crippen molar-refractivity contribution in [1.82, 2.24) is 4.90 Å². The van der Waals surface area contributed by atoms with Crippen LogP contribution < -0.4 is 9.64 Å². The van der Waals surface area contributed by atoms with Gasteiger partial charge < -0.3 is 18.8 Å². The van der Waals surface area contributed by atoms with Crippen molar-refractivity contribution in [3.8, 4) is 5.75 Å². The summed E-state index contributed by atoms with van der Waals surface area (Å²) in [5.74, 6) is 0.508. The van der Waals surface area contributed by atoms with Crippen LogP contribution in [0.3, 0.4) is 0 Å². The van der Waals surface area contributed by atoms with Gasteiger partial charge in [-0.2, -0.15) is 0 Å². The first kappa shape index (κ1) is 30.7. The average molecular weight is 655 g/mol. The van der Waals surface area contributed by atoms with E-state index in [4.69, 9.17) is 13.9 Å². The van der Waals surface area contributed by atoms with E-state index in [1.165, 1.54) is 0 Å². The molecule has 0 aromatic heterocycles. The van der Waals surface area contributed by atoms with Gasteiger partial charge in [0.15, 0.2) is 14.5 Å². The van der Waals surface area contributed by atoms with Gasteiger partial charge >= 0.3 is 6.09 Å². The van der Waals surface area contributed by atoms with Crippen molar-refractivity contribution in [1.29, 1.82) is 0 Å². The lowest BCUT2D eigenvalue weighted by Gasteiger charge is -2.44. The van der Waals surface area contributed by atoms with E-state index in [1.54, 1.807) is 15.9 Å². The summed E-state index contributed by atoms with van der Waals surface area (Å²) >= 11 is 2.39. The molecule has 210 valence electrons. The van der Waals surface area contributed by atoms with Crippen molar-refractivity contribution < 1.29 is 23.5 Å². The first-order valence-electron chi connectivity index (χ1n) is 13.4. The molecule has 38 heavy (non-hydrogen) atoms. The molecule has 9 heteroatoms. The molecule has 0 spiro atoms. The van der Waals surface area contributed by atoms with Gasteiger partial charge in [0.05, 0.1) is 23.9 Å². The highest BCUT2D eigenvalue weighted by molar-refractivity contribution is 14.1. The molecule has 0 fully saturated rings. The Morgan fingerprint density at radius 1 is 1.21 bits per heavy atom. The number of hydrogen-bond acceptors (Lipinski definition) is 5. The highest BCUT2D eigenvalue weighted by atomic mass is 127. The van der Waals surface area contributed by atoms with Crippen molar-refractivity contribution in [3.63, 3.8) is 0 Å². The number of alkyl halides is 1. The Kier molecular flexibility index (Phi) is 10.1. The van der Waals surface area contributed by atoms with E-state index in [1.807, 2.05) is 32.2 Å². The third kappa shape index (κ3) is 6.64. The normalized spacial score (nSPS) is 19.5. The maximum absolute atomic E-state index is 14.0. The third-order valence-electron chi connectivity index (χ3n) is 7.63. The zero-order valence-electron chi connectivity index (χ0n) is 23.9. The van der Waals surface area contributed by atoms with Crippen LogP contribution in [0, 0.1) is 6.92 Å². The lowest BCUT2D eigenvalue weighted by atomic mass is 10.1. The van der Waals surface area contributed by atoms with Gasteiger partial charge in [-0.25, -0.2) is 9.69 Å². The number of anilines is 1. The number of nitrogens with zero attached hydrogens (tertiary/aromatic N) is 2. The van der Waals surface area contributed by atoms with Gasteiger partial charge in [-0.1, -0.05) is 61.6 Å². The smallest absolute Gasteiger partial charge is 0.416 e. The number of unbranched alkanes of at least 4 members (excludes halogenated alkanes) is 2. The van der Waals surface area contributed by atoms with Crippen LogP contribution in [-0.2, 0) is 9.16 Å². The zero-order valence-corrected chi connectivity index (χ0v) is 27.1. The molecular formula is C29H43IN2O5Si. The third-order valence-corrected chi connectivity index (χ3v) is 12.8. The first-order chi connectivity index (χ1) is 17.8. The monoisotopic (exact) mass is 654 g/mol. The topological polar surface area (TPSA) is 68.3 Å². The molecule has 0 radical (unpaired) electrons. The molecular weight excluding hydrogens is 611 g/mol. The Hall–Kier alpha value is -1.85. The van der Waals surface area contributed by atoms with Crippen LogP contribution in [0.2, 0.25) is 18.1 Å². The van der Waals surface area contributed by atoms with Gasteiger partial charge in [-0.05, 0) is 73.7 Å². The molecule has 2 atom stereocenters. The molecule has 7 nitrogen and oxygen atoms in total. The number of amides is 2. The number of carbonyl (C=O) groups is 2. The van der Waals surface area contributed by atoms with Crippen LogP contribution in [-0.4, -0.2) is 55.1 Å². The summed E-state index contributed by atoms with van der Waals surface area (Å²) in [7, 11) is -2.38. The fraction of sp³-hybridized carbons (Fsp3) is 0.586. The van der Waals surface area contributed by atoms with Gasteiger partial charge in [0.1, 0.15) is 12.4 Å². The second kappa shape index (κ2) is 12.5. The predicted molar refractivity (Wildman–Crippen MR) is 164 cm³/mol. The van der Waals surface area contributed by atoms with E-state index in [0.29, 0.717) is 30.0 Å². The van der Waals surface area contributed by atoms with E-state index in [2.05, 4.69) is 63.0 Å². The SMILES string of the molecule is C=CCOC(=O)N1c2cc(OCCCCCI)c(C)cc2C(=O)N2C=C(C)CC2C1O[Si](C)(C)C(C)(C)C. The lowest BCUT2D eigenvalue weighted by molar-refractivity contribution is 0.0589. The maximum atomic E-state index is 14.0. The summed E-state index contributed by atoms with van der Waals surface area (Å²) < 4.78 is 19.9. The van der Waals surface area contributed by atoms with Crippen LogP contribution in [0.15, 0.2) is 36.6 Å². The predicted octanol–water partition coefficient (Wildman–Crippen LogP) is 7.59. The molecule has 0 saturated carbocycles. The molecule has 0 bridgehead atoms. The van der Waals surface area contributed by atoms with Crippen molar-refractivity contribution in [3.05, 3.63) is 47.7 Å². The Bertz CT molecular complexity index is 1080.